The molecule has 1 saturated heterocycles. The highest BCUT2D eigenvalue weighted by Crippen LogP contribution is 2.28. The van der Waals surface area contributed by atoms with Gasteiger partial charge < -0.3 is 10.1 Å². The summed E-state index contributed by atoms with van der Waals surface area (Å²) in [5, 5.41) is 2.47. The molecule has 0 bridgehead atoms. The van der Waals surface area contributed by atoms with Gasteiger partial charge in [-0.15, -0.1) is 13.2 Å². The number of alkyl halides is 3. The fourth-order valence-corrected chi connectivity index (χ4v) is 4.69. The molecule has 0 saturated carbocycles. The Kier molecular flexibility index (Phi) is 5.61. The number of anilines is 1. The number of nitrogens with zero attached hydrogens (tertiary/aromatic N) is 1. The van der Waals surface area contributed by atoms with Crippen molar-refractivity contribution in [2.45, 2.75) is 30.1 Å². The van der Waals surface area contributed by atoms with E-state index >= 15 is 0 Å². The van der Waals surface area contributed by atoms with Crippen molar-refractivity contribution >= 4 is 21.6 Å². The van der Waals surface area contributed by atoms with E-state index in [0.717, 1.165) is 16.4 Å². The van der Waals surface area contributed by atoms with Crippen LogP contribution in [0.4, 0.5) is 18.9 Å². The minimum absolute atomic E-state index is 0.0790. The predicted octanol–water partition coefficient (Wildman–Crippen LogP) is 3.38. The van der Waals surface area contributed by atoms with E-state index in [9.17, 15) is 26.4 Å². The van der Waals surface area contributed by atoms with Crippen molar-refractivity contribution in [2.75, 3.05) is 11.9 Å². The van der Waals surface area contributed by atoms with Gasteiger partial charge in [-0.3, -0.25) is 4.79 Å². The van der Waals surface area contributed by atoms with Gasteiger partial charge in [-0.25, -0.2) is 8.42 Å². The van der Waals surface area contributed by atoms with Gasteiger partial charge in [0.05, 0.1) is 4.90 Å². The summed E-state index contributed by atoms with van der Waals surface area (Å²) in [4.78, 5) is 12.7. The van der Waals surface area contributed by atoms with Crippen LogP contribution in [0.15, 0.2) is 59.5 Å². The van der Waals surface area contributed by atoms with Crippen LogP contribution in [0.2, 0.25) is 0 Å². The first-order valence-corrected chi connectivity index (χ1v) is 9.84. The van der Waals surface area contributed by atoms with Crippen molar-refractivity contribution in [2.24, 2.45) is 0 Å². The van der Waals surface area contributed by atoms with Crippen molar-refractivity contribution in [3.8, 4) is 5.75 Å². The zero-order valence-electron chi connectivity index (χ0n) is 14.5. The molecule has 0 unspecified atom stereocenters. The van der Waals surface area contributed by atoms with E-state index in [1.54, 1.807) is 18.2 Å². The molecule has 2 aromatic carbocycles. The van der Waals surface area contributed by atoms with Crippen molar-refractivity contribution in [3.05, 3.63) is 54.6 Å². The monoisotopic (exact) mass is 414 g/mol. The Morgan fingerprint density at radius 2 is 1.82 bits per heavy atom. The molecule has 1 N–H and O–H groups in total. The highest BCUT2D eigenvalue weighted by Gasteiger charge is 2.39. The third-order valence-corrected chi connectivity index (χ3v) is 6.11. The van der Waals surface area contributed by atoms with Gasteiger partial charge in [-0.1, -0.05) is 24.3 Å². The average Bonchev–Trinajstić information content (AvgIpc) is 3.12. The molecule has 150 valence electrons. The summed E-state index contributed by atoms with van der Waals surface area (Å²) < 4.78 is 67.6. The van der Waals surface area contributed by atoms with E-state index in [1.807, 2.05) is 0 Å². The molecule has 28 heavy (non-hydrogen) atoms. The van der Waals surface area contributed by atoms with Crippen LogP contribution in [0.3, 0.4) is 0 Å². The van der Waals surface area contributed by atoms with Crippen molar-refractivity contribution < 1.29 is 31.1 Å². The number of rotatable bonds is 5. The maximum atomic E-state index is 12.8. The topological polar surface area (TPSA) is 75.7 Å². The van der Waals surface area contributed by atoms with Gasteiger partial charge in [-0.05, 0) is 37.1 Å². The lowest BCUT2D eigenvalue weighted by atomic mass is 10.2. The van der Waals surface area contributed by atoms with Crippen LogP contribution in [0, 0.1) is 0 Å². The van der Waals surface area contributed by atoms with Crippen molar-refractivity contribution in [3.63, 3.8) is 0 Å². The first kappa shape index (κ1) is 20.2. The van der Waals surface area contributed by atoms with E-state index in [0.29, 0.717) is 12.8 Å². The Bertz CT molecular complexity index is 949. The Labute approximate surface area is 160 Å². The molecule has 0 spiro atoms. The van der Waals surface area contributed by atoms with Crippen molar-refractivity contribution in [1.82, 2.24) is 4.31 Å². The third kappa shape index (κ3) is 4.63. The molecule has 0 aromatic heterocycles. The van der Waals surface area contributed by atoms with Crippen LogP contribution in [0.25, 0.3) is 0 Å². The van der Waals surface area contributed by atoms with Gasteiger partial charge in [0.15, 0.2) is 0 Å². The second kappa shape index (κ2) is 7.80. The summed E-state index contributed by atoms with van der Waals surface area (Å²) in [5.74, 6) is -1.09. The van der Waals surface area contributed by atoms with Crippen molar-refractivity contribution in [1.29, 1.82) is 0 Å². The molecule has 0 aliphatic carbocycles. The molecule has 1 atom stereocenters. The van der Waals surface area contributed by atoms with Crippen LogP contribution in [-0.4, -0.2) is 37.6 Å². The van der Waals surface area contributed by atoms with Crippen LogP contribution in [-0.2, 0) is 14.8 Å². The average molecular weight is 414 g/mol. The second-order valence-corrected chi connectivity index (χ2v) is 8.04. The zero-order chi connectivity index (χ0) is 20.4. The Balaban J connectivity index is 1.76. The fourth-order valence-electron chi connectivity index (χ4n) is 3.01. The molecule has 3 rings (SSSR count). The normalized spacial score (nSPS) is 18.0. The lowest BCUT2D eigenvalue weighted by molar-refractivity contribution is -0.274. The predicted molar refractivity (Wildman–Crippen MR) is 95.1 cm³/mol. The lowest BCUT2D eigenvalue weighted by Crippen LogP contribution is -2.43. The number of benzene rings is 2. The van der Waals surface area contributed by atoms with E-state index in [-0.39, 0.29) is 17.1 Å². The largest absolute Gasteiger partial charge is 0.573 e. The van der Waals surface area contributed by atoms with Gasteiger partial charge in [0.25, 0.3) is 0 Å². The third-order valence-electron chi connectivity index (χ3n) is 4.19. The summed E-state index contributed by atoms with van der Waals surface area (Å²) in [7, 11) is -3.86. The fraction of sp³-hybridized carbons (Fsp3) is 0.278. The molecule has 1 aliphatic rings. The molecule has 6 nitrogen and oxygen atoms in total. The first-order valence-electron chi connectivity index (χ1n) is 8.40. The number of nitrogens with one attached hydrogen (secondary N) is 1. The van der Waals surface area contributed by atoms with Crippen LogP contribution in [0.5, 0.6) is 5.75 Å². The number of carbonyl (C=O) groups is 1. The van der Waals surface area contributed by atoms with E-state index in [2.05, 4.69) is 10.1 Å². The number of carbonyl (C=O) groups excluding carboxylic acids is 1. The SMILES string of the molecule is O=C(Nc1cccc(OC(F)(F)F)c1)[C@H]1CCCN1S(=O)(=O)c1ccccc1. The summed E-state index contributed by atoms with van der Waals surface area (Å²) in [6, 6.07) is 11.6. The molecule has 2 aromatic rings. The smallest absolute Gasteiger partial charge is 0.406 e. The number of sulfonamides is 1. The molecule has 1 amide bonds. The summed E-state index contributed by atoms with van der Waals surface area (Å²) in [6.45, 7) is 0.187. The maximum Gasteiger partial charge on any atom is 0.573 e. The summed E-state index contributed by atoms with van der Waals surface area (Å²) in [5.41, 5.74) is 0.0794. The summed E-state index contributed by atoms with van der Waals surface area (Å²) >= 11 is 0. The number of hydrogen-bond donors (Lipinski definition) is 1. The van der Waals surface area contributed by atoms with Gasteiger partial charge in [0, 0.05) is 18.3 Å². The minimum atomic E-state index is -4.85. The van der Waals surface area contributed by atoms with Gasteiger partial charge in [0.2, 0.25) is 15.9 Å². The standard InChI is InChI=1S/C18H17F3N2O4S/c19-18(20,21)27-14-7-4-6-13(12-14)22-17(24)16-10-5-11-23(16)28(25,26)15-8-2-1-3-9-15/h1-4,6-9,12,16H,5,10-11H2,(H,22,24)/t16-/m1/s1. The second-order valence-electron chi connectivity index (χ2n) is 6.15. The van der Waals surface area contributed by atoms with E-state index in [1.165, 1.54) is 24.3 Å². The quantitative estimate of drug-likeness (QED) is 0.814. The van der Waals surface area contributed by atoms with Gasteiger partial charge in [0.1, 0.15) is 11.8 Å². The van der Waals surface area contributed by atoms with Crippen LogP contribution < -0.4 is 10.1 Å². The van der Waals surface area contributed by atoms with E-state index < -0.39 is 34.1 Å². The highest BCUT2D eigenvalue weighted by molar-refractivity contribution is 7.89. The number of ether oxygens (including phenoxy) is 1. The number of amides is 1. The Hall–Kier alpha value is -2.59. The number of hydrogen-bond acceptors (Lipinski definition) is 4. The highest BCUT2D eigenvalue weighted by atomic mass is 32.2. The molecule has 1 fully saturated rings. The molecular formula is C18H17F3N2O4S. The molecule has 1 aliphatic heterocycles. The maximum absolute atomic E-state index is 12.8. The minimum Gasteiger partial charge on any atom is -0.406 e. The Morgan fingerprint density at radius 1 is 1.11 bits per heavy atom. The molecule has 1 heterocycles. The molecular weight excluding hydrogens is 397 g/mol. The van der Waals surface area contributed by atoms with Crippen LogP contribution in [0.1, 0.15) is 12.8 Å². The number of halogens is 3. The van der Waals surface area contributed by atoms with Gasteiger partial charge in [-0.2, -0.15) is 4.31 Å². The van der Waals surface area contributed by atoms with Crippen LogP contribution >= 0.6 is 0 Å². The van der Waals surface area contributed by atoms with Gasteiger partial charge >= 0.3 is 6.36 Å². The summed E-state index contributed by atoms with van der Waals surface area (Å²) in [6.07, 6.45) is -4.04. The zero-order valence-corrected chi connectivity index (χ0v) is 15.3. The first-order chi connectivity index (χ1) is 13.2. The lowest BCUT2D eigenvalue weighted by Gasteiger charge is -2.23. The molecule has 0 radical (unpaired) electrons. The Morgan fingerprint density at radius 3 is 2.50 bits per heavy atom. The van der Waals surface area contributed by atoms with E-state index in [4.69, 9.17) is 0 Å². The molecule has 10 heteroatoms.